The van der Waals surface area contributed by atoms with E-state index < -0.39 is 0 Å². The van der Waals surface area contributed by atoms with Crippen molar-refractivity contribution in [2.75, 3.05) is 0 Å². The van der Waals surface area contributed by atoms with E-state index >= 15 is 0 Å². The lowest BCUT2D eigenvalue weighted by atomic mass is 9.94. The summed E-state index contributed by atoms with van der Waals surface area (Å²) in [6, 6.07) is 22.7. The van der Waals surface area contributed by atoms with E-state index in [9.17, 15) is 5.26 Å². The van der Waals surface area contributed by atoms with E-state index in [2.05, 4.69) is 41.4 Å². The zero-order chi connectivity index (χ0) is 17.1. The minimum absolute atomic E-state index is 0.660. The molecule has 0 radical (unpaired) electrons. The SMILES string of the molecule is N#CC1=CC=CC=Cc2c(-c3ccccc3)[nH]c(-c3ccccc3)c21. The van der Waals surface area contributed by atoms with Gasteiger partial charge in [-0.3, -0.25) is 0 Å². The summed E-state index contributed by atoms with van der Waals surface area (Å²) in [6.07, 6.45) is 9.81. The largest absolute Gasteiger partial charge is 0.353 e. The fourth-order valence-electron chi connectivity index (χ4n) is 3.16. The van der Waals surface area contributed by atoms with E-state index in [0.717, 1.165) is 33.6 Å². The molecule has 0 amide bonds. The Bertz CT molecular complexity index is 1030. The van der Waals surface area contributed by atoms with E-state index in [1.807, 2.05) is 60.7 Å². The van der Waals surface area contributed by atoms with Crippen molar-refractivity contribution < 1.29 is 0 Å². The summed E-state index contributed by atoms with van der Waals surface area (Å²) in [4.78, 5) is 3.57. The summed E-state index contributed by atoms with van der Waals surface area (Å²) < 4.78 is 0. The van der Waals surface area contributed by atoms with Gasteiger partial charge < -0.3 is 4.98 Å². The van der Waals surface area contributed by atoms with Gasteiger partial charge >= 0.3 is 0 Å². The molecule has 0 unspecified atom stereocenters. The van der Waals surface area contributed by atoms with E-state index in [-0.39, 0.29) is 0 Å². The Kier molecular flexibility index (Phi) is 3.90. The van der Waals surface area contributed by atoms with Gasteiger partial charge in [-0.2, -0.15) is 5.26 Å². The van der Waals surface area contributed by atoms with Crippen LogP contribution in [0.3, 0.4) is 0 Å². The molecule has 0 saturated heterocycles. The number of hydrogen-bond acceptors (Lipinski definition) is 1. The lowest BCUT2D eigenvalue weighted by molar-refractivity contribution is 1.38. The van der Waals surface area contributed by atoms with Crippen LogP contribution in [0.25, 0.3) is 34.2 Å². The lowest BCUT2D eigenvalue weighted by Gasteiger charge is -2.06. The zero-order valence-corrected chi connectivity index (χ0v) is 13.6. The van der Waals surface area contributed by atoms with Gasteiger partial charge in [0.1, 0.15) is 0 Å². The number of aromatic amines is 1. The highest BCUT2D eigenvalue weighted by Crippen LogP contribution is 2.39. The number of allylic oxidation sites excluding steroid dienone is 5. The number of nitriles is 1. The third kappa shape index (κ3) is 2.73. The molecule has 0 bridgehead atoms. The first-order chi connectivity index (χ1) is 12.4. The Balaban J connectivity index is 2.06. The molecule has 0 aliphatic heterocycles. The fraction of sp³-hybridized carbons (Fsp3) is 0. The Labute approximate surface area is 147 Å². The molecule has 25 heavy (non-hydrogen) atoms. The van der Waals surface area contributed by atoms with Gasteiger partial charge in [-0.05, 0) is 17.2 Å². The lowest BCUT2D eigenvalue weighted by Crippen LogP contribution is -1.88. The Morgan fingerprint density at radius 2 is 1.36 bits per heavy atom. The van der Waals surface area contributed by atoms with Gasteiger partial charge in [-0.25, -0.2) is 0 Å². The Morgan fingerprint density at radius 1 is 0.720 bits per heavy atom. The monoisotopic (exact) mass is 320 g/mol. The molecule has 2 heteroatoms. The molecule has 0 saturated carbocycles. The average molecular weight is 320 g/mol. The Hall–Kier alpha value is -3.57. The maximum Gasteiger partial charge on any atom is 0.0998 e. The number of benzene rings is 2. The summed E-state index contributed by atoms with van der Waals surface area (Å²) >= 11 is 0. The predicted octanol–water partition coefficient (Wildman–Crippen LogP) is 5.84. The highest BCUT2D eigenvalue weighted by molar-refractivity contribution is 5.96. The Morgan fingerprint density at radius 3 is 2.00 bits per heavy atom. The van der Waals surface area contributed by atoms with Crippen molar-refractivity contribution >= 4 is 11.6 Å². The van der Waals surface area contributed by atoms with Crippen LogP contribution in [0, 0.1) is 11.3 Å². The topological polar surface area (TPSA) is 39.6 Å². The normalized spacial score (nSPS) is 12.7. The molecule has 1 aromatic heterocycles. The maximum absolute atomic E-state index is 9.72. The van der Waals surface area contributed by atoms with Gasteiger partial charge in [-0.1, -0.05) is 85.0 Å². The van der Waals surface area contributed by atoms with Crippen LogP contribution in [0.15, 0.2) is 85.0 Å². The third-order valence-electron chi connectivity index (χ3n) is 4.30. The quantitative estimate of drug-likeness (QED) is 0.633. The van der Waals surface area contributed by atoms with E-state index in [4.69, 9.17) is 0 Å². The third-order valence-corrected chi connectivity index (χ3v) is 4.30. The van der Waals surface area contributed by atoms with Crippen molar-refractivity contribution in [3.8, 4) is 28.6 Å². The van der Waals surface area contributed by atoms with Crippen LogP contribution in [0.2, 0.25) is 0 Å². The highest BCUT2D eigenvalue weighted by atomic mass is 14.7. The predicted molar refractivity (Wildman–Crippen MR) is 103 cm³/mol. The van der Waals surface area contributed by atoms with Crippen LogP contribution in [0.5, 0.6) is 0 Å². The number of fused-ring (bicyclic) bond motifs is 1. The van der Waals surface area contributed by atoms with Gasteiger partial charge in [0, 0.05) is 11.1 Å². The van der Waals surface area contributed by atoms with Crippen LogP contribution in [0.1, 0.15) is 11.1 Å². The van der Waals surface area contributed by atoms with Crippen molar-refractivity contribution in [2.24, 2.45) is 0 Å². The van der Waals surface area contributed by atoms with Crippen LogP contribution >= 0.6 is 0 Å². The number of H-pyrrole nitrogens is 1. The summed E-state index contributed by atoms with van der Waals surface area (Å²) in [5, 5.41) is 9.72. The zero-order valence-electron chi connectivity index (χ0n) is 13.6. The standard InChI is InChI=1S/C23H16N2/c24-16-19-14-8-3-9-15-20-21(19)23(18-12-6-2-7-13-18)25-22(20)17-10-4-1-5-11-17/h1-15,25H. The number of nitrogens with one attached hydrogen (secondary N) is 1. The highest BCUT2D eigenvalue weighted by Gasteiger charge is 2.21. The molecule has 1 heterocycles. The maximum atomic E-state index is 9.72. The van der Waals surface area contributed by atoms with Crippen molar-refractivity contribution in [3.05, 3.63) is 96.1 Å². The van der Waals surface area contributed by atoms with Gasteiger partial charge in [0.15, 0.2) is 0 Å². The second-order valence-corrected chi connectivity index (χ2v) is 5.83. The average Bonchev–Trinajstić information content (AvgIpc) is 3.02. The van der Waals surface area contributed by atoms with Gasteiger partial charge in [0.25, 0.3) is 0 Å². The molecule has 3 aromatic rings. The second kappa shape index (κ2) is 6.51. The van der Waals surface area contributed by atoms with Crippen molar-refractivity contribution in [1.82, 2.24) is 4.98 Å². The molecule has 4 rings (SSSR count). The number of hydrogen-bond donors (Lipinski definition) is 1. The number of rotatable bonds is 2. The first-order valence-electron chi connectivity index (χ1n) is 8.21. The summed E-state index contributed by atoms with van der Waals surface area (Å²) in [6.45, 7) is 0. The van der Waals surface area contributed by atoms with Crippen LogP contribution in [-0.4, -0.2) is 4.98 Å². The number of aromatic nitrogens is 1. The van der Waals surface area contributed by atoms with E-state index in [1.54, 1.807) is 0 Å². The molecule has 0 fully saturated rings. The molecule has 0 spiro atoms. The molecule has 0 atom stereocenters. The minimum Gasteiger partial charge on any atom is -0.353 e. The molecule has 1 aliphatic rings. The van der Waals surface area contributed by atoms with Gasteiger partial charge in [0.05, 0.1) is 23.0 Å². The van der Waals surface area contributed by atoms with Gasteiger partial charge in [0.2, 0.25) is 0 Å². The van der Waals surface area contributed by atoms with Crippen LogP contribution < -0.4 is 0 Å². The first kappa shape index (κ1) is 15.0. The summed E-state index contributed by atoms with van der Waals surface area (Å²) in [5.74, 6) is 0. The fourth-order valence-corrected chi connectivity index (χ4v) is 3.16. The van der Waals surface area contributed by atoms with Crippen molar-refractivity contribution in [2.45, 2.75) is 0 Å². The van der Waals surface area contributed by atoms with Crippen LogP contribution in [0.4, 0.5) is 0 Å². The molecule has 118 valence electrons. The molecule has 2 aromatic carbocycles. The molecular weight excluding hydrogens is 304 g/mol. The number of nitrogens with zero attached hydrogens (tertiary/aromatic N) is 1. The first-order valence-corrected chi connectivity index (χ1v) is 8.21. The molecule has 1 aliphatic carbocycles. The second-order valence-electron chi connectivity index (χ2n) is 5.83. The van der Waals surface area contributed by atoms with Gasteiger partial charge in [-0.15, -0.1) is 0 Å². The summed E-state index contributed by atoms with van der Waals surface area (Å²) in [7, 11) is 0. The molecule has 2 nitrogen and oxygen atoms in total. The van der Waals surface area contributed by atoms with Crippen LogP contribution in [-0.2, 0) is 0 Å². The minimum atomic E-state index is 0.660. The van der Waals surface area contributed by atoms with E-state index in [0.29, 0.717) is 5.57 Å². The smallest absolute Gasteiger partial charge is 0.0998 e. The molecule has 1 N–H and O–H groups in total. The van der Waals surface area contributed by atoms with Crippen molar-refractivity contribution in [3.63, 3.8) is 0 Å². The van der Waals surface area contributed by atoms with Crippen molar-refractivity contribution in [1.29, 1.82) is 5.26 Å². The summed E-state index contributed by atoms with van der Waals surface area (Å²) in [5.41, 5.74) is 6.83. The molecular formula is C23H16N2. The van der Waals surface area contributed by atoms with E-state index in [1.165, 1.54) is 0 Å².